The molecule has 27 heavy (non-hydrogen) atoms. The fraction of sp³-hybridized carbons (Fsp3) is 0.0952. The molecule has 0 aliphatic carbocycles. The van der Waals surface area contributed by atoms with Crippen LogP contribution < -0.4 is 10.9 Å². The molecule has 1 unspecified atom stereocenters. The Morgan fingerprint density at radius 3 is 2.37 bits per heavy atom. The average molecular weight is 372 g/mol. The van der Waals surface area contributed by atoms with E-state index >= 15 is 0 Å². The largest absolute Gasteiger partial charge is 0.338 e. The van der Waals surface area contributed by atoms with Crippen molar-refractivity contribution in [1.82, 2.24) is 9.97 Å². The van der Waals surface area contributed by atoms with E-state index in [1.165, 1.54) is 11.8 Å². The van der Waals surface area contributed by atoms with Gasteiger partial charge in [-0.3, -0.25) is 4.79 Å². The van der Waals surface area contributed by atoms with Gasteiger partial charge in [0.25, 0.3) is 5.56 Å². The number of nitriles is 1. The summed E-state index contributed by atoms with van der Waals surface area (Å²) in [5.41, 5.74) is 3.19. The Hall–Kier alpha value is -3.30. The van der Waals surface area contributed by atoms with Gasteiger partial charge in [0.15, 0.2) is 5.16 Å². The standard InChI is InChI=1S/C21H16N4OS/c1-27-21-24-19-17(20(26)25-21)16(13-8-4-2-5-9-13)15(12-22)18(23-19)14-10-6-3-7-11-14/h2-11,16H,1H3,(H2,23,24,25,26). The highest BCUT2D eigenvalue weighted by atomic mass is 32.2. The van der Waals surface area contributed by atoms with Crippen LogP contribution in [0.1, 0.15) is 22.6 Å². The first-order chi connectivity index (χ1) is 13.2. The first-order valence-corrected chi connectivity index (χ1v) is 9.65. The summed E-state index contributed by atoms with van der Waals surface area (Å²) in [5.74, 6) is 0.0182. The Morgan fingerprint density at radius 1 is 1.07 bits per heavy atom. The second kappa shape index (κ2) is 7.14. The Kier molecular flexibility index (Phi) is 4.53. The number of fused-ring (bicyclic) bond motifs is 1. The lowest BCUT2D eigenvalue weighted by atomic mass is 9.81. The van der Waals surface area contributed by atoms with Crippen molar-refractivity contribution in [2.75, 3.05) is 11.6 Å². The van der Waals surface area contributed by atoms with Gasteiger partial charge in [-0.1, -0.05) is 72.4 Å². The van der Waals surface area contributed by atoms with Gasteiger partial charge in [-0.2, -0.15) is 5.26 Å². The van der Waals surface area contributed by atoms with Crippen molar-refractivity contribution in [1.29, 1.82) is 5.26 Å². The van der Waals surface area contributed by atoms with Crippen LogP contribution >= 0.6 is 11.8 Å². The molecule has 1 aliphatic rings. The van der Waals surface area contributed by atoms with Crippen LogP contribution in [0.3, 0.4) is 0 Å². The quantitative estimate of drug-likeness (QED) is 0.537. The van der Waals surface area contributed by atoms with Gasteiger partial charge in [0.1, 0.15) is 5.82 Å². The lowest BCUT2D eigenvalue weighted by molar-refractivity contribution is 0.854. The van der Waals surface area contributed by atoms with E-state index in [9.17, 15) is 10.1 Å². The lowest BCUT2D eigenvalue weighted by Gasteiger charge is -2.28. The molecule has 3 aromatic rings. The number of aromatic nitrogens is 2. The summed E-state index contributed by atoms with van der Waals surface area (Å²) in [6.45, 7) is 0. The van der Waals surface area contributed by atoms with Crippen molar-refractivity contribution in [3.8, 4) is 6.07 Å². The van der Waals surface area contributed by atoms with Crippen molar-refractivity contribution < 1.29 is 0 Å². The minimum Gasteiger partial charge on any atom is -0.338 e. The van der Waals surface area contributed by atoms with Crippen LogP contribution in [0.5, 0.6) is 0 Å². The Labute approximate surface area is 160 Å². The third-order valence-electron chi connectivity index (χ3n) is 4.53. The maximum absolute atomic E-state index is 12.9. The molecule has 0 spiro atoms. The van der Waals surface area contributed by atoms with Gasteiger partial charge in [-0.15, -0.1) is 0 Å². The minimum atomic E-state index is -0.477. The summed E-state index contributed by atoms with van der Waals surface area (Å²) in [7, 11) is 0. The molecule has 2 N–H and O–H groups in total. The second-order valence-corrected chi connectivity index (χ2v) is 6.87. The molecule has 0 bridgehead atoms. The number of H-pyrrole nitrogens is 1. The highest BCUT2D eigenvalue weighted by Crippen LogP contribution is 2.41. The number of hydrogen-bond donors (Lipinski definition) is 2. The molecule has 6 heteroatoms. The Bertz CT molecular complexity index is 1110. The van der Waals surface area contributed by atoms with E-state index in [0.29, 0.717) is 27.8 Å². The summed E-state index contributed by atoms with van der Waals surface area (Å²) in [6, 6.07) is 21.6. The van der Waals surface area contributed by atoms with E-state index in [2.05, 4.69) is 21.4 Å². The molecule has 132 valence electrons. The zero-order valence-electron chi connectivity index (χ0n) is 14.6. The number of thioether (sulfide) groups is 1. The van der Waals surface area contributed by atoms with Crippen LogP contribution in [0.2, 0.25) is 0 Å². The summed E-state index contributed by atoms with van der Waals surface area (Å²) in [4.78, 5) is 20.2. The average Bonchev–Trinajstić information content (AvgIpc) is 2.73. The third kappa shape index (κ3) is 3.03. The SMILES string of the molecule is CSc1nc2c(c(=O)[nH]1)C(c1ccccc1)C(C#N)=C(c1ccccc1)N2. The van der Waals surface area contributed by atoms with Crippen LogP contribution in [0.15, 0.2) is 76.2 Å². The van der Waals surface area contributed by atoms with Crippen LogP contribution in [0.4, 0.5) is 5.82 Å². The molecule has 1 aliphatic heterocycles. The molecule has 0 saturated carbocycles. The fourth-order valence-corrected chi connectivity index (χ4v) is 3.70. The van der Waals surface area contributed by atoms with Gasteiger partial charge in [0.2, 0.25) is 0 Å². The van der Waals surface area contributed by atoms with Crippen LogP contribution in [0, 0.1) is 11.3 Å². The highest BCUT2D eigenvalue weighted by Gasteiger charge is 2.33. The minimum absolute atomic E-state index is 0.231. The van der Waals surface area contributed by atoms with E-state index in [0.717, 1.165) is 11.1 Å². The predicted molar refractivity (Wildman–Crippen MR) is 108 cm³/mol. The zero-order valence-corrected chi connectivity index (χ0v) is 15.4. The monoisotopic (exact) mass is 372 g/mol. The molecule has 2 heterocycles. The van der Waals surface area contributed by atoms with Crippen molar-refractivity contribution in [3.63, 3.8) is 0 Å². The Balaban J connectivity index is 2.03. The molecule has 1 atom stereocenters. The second-order valence-electron chi connectivity index (χ2n) is 6.07. The van der Waals surface area contributed by atoms with Crippen LogP contribution in [0.25, 0.3) is 5.70 Å². The van der Waals surface area contributed by atoms with Crippen LogP contribution in [-0.2, 0) is 0 Å². The predicted octanol–water partition coefficient (Wildman–Crippen LogP) is 3.98. The zero-order chi connectivity index (χ0) is 18.8. The van der Waals surface area contributed by atoms with Gasteiger partial charge >= 0.3 is 0 Å². The topological polar surface area (TPSA) is 81.6 Å². The molecule has 0 saturated heterocycles. The van der Waals surface area contributed by atoms with Gasteiger partial charge in [-0.25, -0.2) is 4.98 Å². The first kappa shape index (κ1) is 17.1. The van der Waals surface area contributed by atoms with Crippen molar-refractivity contribution >= 4 is 23.3 Å². The maximum Gasteiger partial charge on any atom is 0.257 e. The number of nitrogens with zero attached hydrogens (tertiary/aromatic N) is 2. The molecule has 0 amide bonds. The third-order valence-corrected chi connectivity index (χ3v) is 5.11. The van der Waals surface area contributed by atoms with E-state index in [-0.39, 0.29) is 5.56 Å². The summed E-state index contributed by atoms with van der Waals surface area (Å²) in [6.07, 6.45) is 1.86. The van der Waals surface area contributed by atoms with Gasteiger partial charge < -0.3 is 10.3 Å². The van der Waals surface area contributed by atoms with E-state index < -0.39 is 5.92 Å². The van der Waals surface area contributed by atoms with Gasteiger partial charge in [0.05, 0.1) is 28.8 Å². The molecular formula is C21H16N4OS. The molecule has 0 fully saturated rings. The summed E-state index contributed by atoms with van der Waals surface area (Å²) in [5, 5.41) is 13.8. The number of allylic oxidation sites excluding steroid dienone is 1. The molecular weight excluding hydrogens is 356 g/mol. The van der Waals surface area contributed by atoms with E-state index in [1.807, 2.05) is 66.9 Å². The van der Waals surface area contributed by atoms with Gasteiger partial charge in [-0.05, 0) is 17.4 Å². The molecule has 1 aromatic heterocycles. The molecule has 4 rings (SSSR count). The van der Waals surface area contributed by atoms with Crippen LogP contribution in [-0.4, -0.2) is 16.2 Å². The van der Waals surface area contributed by atoms with Crippen molar-refractivity contribution in [2.24, 2.45) is 0 Å². The number of nitrogens with one attached hydrogen (secondary N) is 2. The number of aromatic amines is 1. The number of rotatable bonds is 3. The normalized spacial score (nSPS) is 15.6. The van der Waals surface area contributed by atoms with Crippen molar-refractivity contribution in [3.05, 3.63) is 93.3 Å². The maximum atomic E-state index is 12.9. The summed E-state index contributed by atoms with van der Waals surface area (Å²) >= 11 is 1.37. The number of hydrogen-bond acceptors (Lipinski definition) is 5. The summed E-state index contributed by atoms with van der Waals surface area (Å²) < 4.78 is 0. The smallest absolute Gasteiger partial charge is 0.257 e. The highest BCUT2D eigenvalue weighted by molar-refractivity contribution is 7.98. The number of anilines is 1. The van der Waals surface area contributed by atoms with E-state index in [4.69, 9.17) is 0 Å². The molecule has 5 nitrogen and oxygen atoms in total. The van der Waals surface area contributed by atoms with E-state index in [1.54, 1.807) is 0 Å². The Morgan fingerprint density at radius 2 is 1.74 bits per heavy atom. The van der Waals surface area contributed by atoms with Gasteiger partial charge in [0, 0.05) is 0 Å². The molecule has 0 radical (unpaired) electrons. The lowest BCUT2D eigenvalue weighted by Crippen LogP contribution is -2.27. The first-order valence-electron chi connectivity index (χ1n) is 8.42. The molecule has 2 aromatic carbocycles. The van der Waals surface area contributed by atoms with Crippen molar-refractivity contribution in [2.45, 2.75) is 11.1 Å². The number of benzene rings is 2. The fourth-order valence-electron chi connectivity index (χ4n) is 3.33.